The third-order valence-corrected chi connectivity index (χ3v) is 5.02. The Morgan fingerprint density at radius 1 is 0.967 bits per heavy atom. The first-order valence-corrected chi connectivity index (χ1v) is 10.0. The highest BCUT2D eigenvalue weighted by Gasteiger charge is 2.23. The van der Waals surface area contributed by atoms with Crippen molar-refractivity contribution in [2.24, 2.45) is 0 Å². The lowest BCUT2D eigenvalue weighted by molar-refractivity contribution is -0.132. The van der Waals surface area contributed by atoms with E-state index in [1.807, 2.05) is 0 Å². The molecule has 2 aromatic rings. The predicted molar refractivity (Wildman–Crippen MR) is 110 cm³/mol. The molecule has 1 aliphatic heterocycles. The normalized spacial score (nSPS) is 14.2. The highest BCUT2D eigenvalue weighted by atomic mass is 19.1. The van der Waals surface area contributed by atoms with E-state index in [-0.39, 0.29) is 17.6 Å². The molecule has 6 nitrogen and oxygen atoms in total. The summed E-state index contributed by atoms with van der Waals surface area (Å²) in [4.78, 5) is 40.1. The van der Waals surface area contributed by atoms with Crippen molar-refractivity contribution in [2.75, 3.05) is 26.2 Å². The third-order valence-electron chi connectivity index (χ3n) is 5.02. The molecule has 3 rings (SSSR count). The molecule has 7 heteroatoms. The van der Waals surface area contributed by atoms with Crippen molar-refractivity contribution in [1.29, 1.82) is 0 Å². The number of halogens is 1. The first-order valence-electron chi connectivity index (χ1n) is 10.0. The van der Waals surface area contributed by atoms with Gasteiger partial charge in [-0.15, -0.1) is 0 Å². The summed E-state index contributed by atoms with van der Waals surface area (Å²) >= 11 is 0. The van der Waals surface area contributed by atoms with Gasteiger partial charge in [0.1, 0.15) is 11.6 Å². The number of hydrogen-bond acceptors (Lipinski definition) is 4. The molecule has 1 heterocycles. The highest BCUT2D eigenvalue weighted by molar-refractivity contribution is 5.94. The van der Waals surface area contributed by atoms with E-state index in [4.69, 9.17) is 4.74 Å². The third kappa shape index (κ3) is 5.89. The highest BCUT2D eigenvalue weighted by Crippen LogP contribution is 2.17. The molecular formula is C23H25FN2O4. The molecule has 0 atom stereocenters. The van der Waals surface area contributed by atoms with Crippen molar-refractivity contribution in [3.63, 3.8) is 0 Å². The molecule has 0 N–H and O–H groups in total. The Morgan fingerprint density at radius 2 is 1.67 bits per heavy atom. The summed E-state index contributed by atoms with van der Waals surface area (Å²) in [6.07, 6.45) is 1.60. The molecule has 0 saturated carbocycles. The lowest BCUT2D eigenvalue weighted by Gasteiger charge is -2.22. The van der Waals surface area contributed by atoms with Crippen LogP contribution in [0.25, 0.3) is 0 Å². The standard InChI is InChI=1S/C23H25FN2O4/c1-17(27)30-21-5-2-4-19(16-21)23(29)26-13-3-12-25(14-15-26)22(28)11-8-18-6-9-20(24)10-7-18/h2,4-7,9-10,16H,3,8,11-15H2,1H3. The van der Waals surface area contributed by atoms with Crippen LogP contribution >= 0.6 is 0 Å². The molecule has 0 bridgehead atoms. The zero-order valence-corrected chi connectivity index (χ0v) is 17.0. The minimum atomic E-state index is -0.441. The number of carbonyl (C=O) groups excluding carboxylic acids is 3. The lowest BCUT2D eigenvalue weighted by Crippen LogP contribution is -2.37. The molecule has 30 heavy (non-hydrogen) atoms. The van der Waals surface area contributed by atoms with Gasteiger partial charge in [0.25, 0.3) is 5.91 Å². The summed E-state index contributed by atoms with van der Waals surface area (Å²) in [7, 11) is 0. The summed E-state index contributed by atoms with van der Waals surface area (Å²) in [5, 5.41) is 0. The second-order valence-corrected chi connectivity index (χ2v) is 7.27. The van der Waals surface area contributed by atoms with Gasteiger partial charge < -0.3 is 14.5 Å². The topological polar surface area (TPSA) is 66.9 Å². The second-order valence-electron chi connectivity index (χ2n) is 7.27. The number of benzene rings is 2. The van der Waals surface area contributed by atoms with Crippen LogP contribution in [0.5, 0.6) is 5.75 Å². The maximum Gasteiger partial charge on any atom is 0.308 e. The zero-order chi connectivity index (χ0) is 21.5. The molecular weight excluding hydrogens is 387 g/mol. The van der Waals surface area contributed by atoms with Crippen LogP contribution in [0.3, 0.4) is 0 Å². The van der Waals surface area contributed by atoms with Crippen LogP contribution in [-0.4, -0.2) is 53.8 Å². The molecule has 1 fully saturated rings. The van der Waals surface area contributed by atoms with Crippen LogP contribution in [0.1, 0.15) is 35.7 Å². The fourth-order valence-corrected chi connectivity index (χ4v) is 3.47. The number of ether oxygens (including phenoxy) is 1. The minimum Gasteiger partial charge on any atom is -0.427 e. The fourth-order valence-electron chi connectivity index (χ4n) is 3.47. The van der Waals surface area contributed by atoms with Gasteiger partial charge in [-0.1, -0.05) is 18.2 Å². The van der Waals surface area contributed by atoms with E-state index in [0.29, 0.717) is 56.8 Å². The number of rotatable bonds is 5. The molecule has 158 valence electrons. The van der Waals surface area contributed by atoms with Crippen LogP contribution in [0.2, 0.25) is 0 Å². The lowest BCUT2D eigenvalue weighted by atomic mass is 10.1. The quantitative estimate of drug-likeness (QED) is 0.559. The summed E-state index contributed by atoms with van der Waals surface area (Å²) in [5.41, 5.74) is 1.37. The number of nitrogens with zero attached hydrogens (tertiary/aromatic N) is 2. The van der Waals surface area contributed by atoms with Gasteiger partial charge in [0.05, 0.1) is 0 Å². The van der Waals surface area contributed by atoms with Gasteiger partial charge in [-0.05, 0) is 48.7 Å². The van der Waals surface area contributed by atoms with Crippen LogP contribution in [-0.2, 0) is 16.0 Å². The Morgan fingerprint density at radius 3 is 2.40 bits per heavy atom. The fraction of sp³-hybridized carbons (Fsp3) is 0.348. The van der Waals surface area contributed by atoms with Crippen molar-refractivity contribution in [2.45, 2.75) is 26.2 Å². The summed E-state index contributed by atoms with van der Waals surface area (Å²) in [6, 6.07) is 12.7. The smallest absolute Gasteiger partial charge is 0.308 e. The first kappa shape index (κ1) is 21.5. The summed E-state index contributed by atoms with van der Waals surface area (Å²) in [6.45, 7) is 3.37. The van der Waals surface area contributed by atoms with Crippen LogP contribution in [0.4, 0.5) is 4.39 Å². The molecule has 0 unspecified atom stereocenters. The maximum absolute atomic E-state index is 13.0. The number of carbonyl (C=O) groups is 3. The van der Waals surface area contributed by atoms with Crippen molar-refractivity contribution in [3.05, 3.63) is 65.5 Å². The van der Waals surface area contributed by atoms with E-state index in [0.717, 1.165) is 5.56 Å². The molecule has 1 aliphatic rings. The van der Waals surface area contributed by atoms with Crippen molar-refractivity contribution >= 4 is 17.8 Å². The molecule has 0 radical (unpaired) electrons. The molecule has 0 aliphatic carbocycles. The Kier molecular flexibility index (Phi) is 7.17. The largest absolute Gasteiger partial charge is 0.427 e. The molecule has 0 aromatic heterocycles. The Balaban J connectivity index is 1.55. The molecule has 1 saturated heterocycles. The number of hydrogen-bond donors (Lipinski definition) is 0. The van der Waals surface area contributed by atoms with Crippen molar-refractivity contribution < 1.29 is 23.5 Å². The van der Waals surface area contributed by atoms with Gasteiger partial charge in [0.15, 0.2) is 0 Å². The van der Waals surface area contributed by atoms with E-state index in [1.54, 1.807) is 46.2 Å². The van der Waals surface area contributed by atoms with E-state index in [9.17, 15) is 18.8 Å². The second kappa shape index (κ2) is 10.0. The van der Waals surface area contributed by atoms with E-state index in [1.165, 1.54) is 19.1 Å². The zero-order valence-electron chi connectivity index (χ0n) is 17.0. The Bertz CT molecular complexity index is 914. The first-order chi connectivity index (χ1) is 14.4. The van der Waals surface area contributed by atoms with Crippen LogP contribution < -0.4 is 4.74 Å². The molecule has 2 aromatic carbocycles. The monoisotopic (exact) mass is 412 g/mol. The van der Waals surface area contributed by atoms with Gasteiger partial charge in [-0.25, -0.2) is 4.39 Å². The predicted octanol–water partition coefficient (Wildman–Crippen LogP) is 3.06. The van der Waals surface area contributed by atoms with E-state index < -0.39 is 5.97 Å². The van der Waals surface area contributed by atoms with E-state index >= 15 is 0 Å². The minimum absolute atomic E-state index is 0.0329. The van der Waals surface area contributed by atoms with Gasteiger partial charge in [0.2, 0.25) is 5.91 Å². The van der Waals surface area contributed by atoms with E-state index in [2.05, 4.69) is 0 Å². The average molecular weight is 412 g/mol. The number of esters is 1. The maximum atomic E-state index is 13.0. The van der Waals surface area contributed by atoms with Gasteiger partial charge in [-0.2, -0.15) is 0 Å². The number of amides is 2. The SMILES string of the molecule is CC(=O)Oc1cccc(C(=O)N2CCCN(C(=O)CCc3ccc(F)cc3)CC2)c1. The van der Waals surface area contributed by atoms with Crippen LogP contribution in [0, 0.1) is 5.82 Å². The van der Waals surface area contributed by atoms with Gasteiger partial charge in [0, 0.05) is 45.1 Å². The molecule has 0 spiro atoms. The average Bonchev–Trinajstić information content (AvgIpc) is 2.99. The van der Waals surface area contributed by atoms with Gasteiger partial charge >= 0.3 is 5.97 Å². The summed E-state index contributed by atoms with van der Waals surface area (Å²) < 4.78 is 18.0. The van der Waals surface area contributed by atoms with Crippen molar-refractivity contribution in [3.8, 4) is 5.75 Å². The summed E-state index contributed by atoms with van der Waals surface area (Å²) in [5.74, 6) is -0.513. The molecule has 2 amide bonds. The van der Waals surface area contributed by atoms with Crippen LogP contribution in [0.15, 0.2) is 48.5 Å². The number of aryl methyl sites for hydroxylation is 1. The Hall–Kier alpha value is -3.22. The van der Waals surface area contributed by atoms with Gasteiger partial charge in [-0.3, -0.25) is 14.4 Å². The van der Waals surface area contributed by atoms with Crippen molar-refractivity contribution in [1.82, 2.24) is 9.80 Å². The Labute approximate surface area is 175 Å².